The van der Waals surface area contributed by atoms with Crippen molar-refractivity contribution in [2.45, 2.75) is 45.3 Å². The fourth-order valence-electron chi connectivity index (χ4n) is 2.56. The number of halogens is 1. The number of carbonyl (C=O) groups excluding carboxylic acids is 1. The molecule has 22 heavy (non-hydrogen) atoms. The number of hydrogen-bond donors (Lipinski definition) is 1. The number of rotatable bonds is 1. The minimum Gasteiger partial charge on any atom is -0.444 e. The van der Waals surface area contributed by atoms with E-state index in [0.29, 0.717) is 12.6 Å². The molecule has 1 atom stereocenters. The average Bonchev–Trinajstić information content (AvgIpc) is 2.38. The van der Waals surface area contributed by atoms with Crippen LogP contribution in [0, 0.1) is 0 Å². The molecule has 1 N–H and O–H groups in total. The lowest BCUT2D eigenvalue weighted by atomic mass is 10.0. The van der Waals surface area contributed by atoms with Crippen LogP contribution in [0.15, 0.2) is 24.3 Å². The largest absolute Gasteiger partial charge is 0.444 e. The second-order valence-corrected chi connectivity index (χ2v) is 7.10. The summed E-state index contributed by atoms with van der Waals surface area (Å²) in [4.78, 5) is 13.9. The first-order valence-corrected chi connectivity index (χ1v) is 8.20. The summed E-state index contributed by atoms with van der Waals surface area (Å²) < 4.78 is 5.44. The molecule has 5 heteroatoms. The average molecular weight is 325 g/mol. The molecule has 4 nitrogen and oxygen atoms in total. The molecule has 1 aliphatic rings. The first kappa shape index (κ1) is 17.1. The molecule has 0 saturated carbocycles. The van der Waals surface area contributed by atoms with Crippen LogP contribution in [0.4, 0.5) is 4.79 Å². The number of nitrogens with zero attached hydrogens (tertiary/aromatic N) is 1. The molecule has 0 radical (unpaired) electrons. The first-order chi connectivity index (χ1) is 10.3. The Morgan fingerprint density at radius 1 is 1.27 bits per heavy atom. The molecule has 1 aliphatic heterocycles. The molecular formula is C17H25ClN2O2. The maximum absolute atomic E-state index is 12.1. The molecule has 1 saturated heterocycles. The molecule has 1 heterocycles. The third-order valence-electron chi connectivity index (χ3n) is 3.62. The fraction of sp³-hybridized carbons (Fsp3) is 0.588. The van der Waals surface area contributed by atoms with E-state index in [2.05, 4.69) is 17.4 Å². The zero-order chi connectivity index (χ0) is 16.2. The minimum atomic E-state index is -0.446. The predicted octanol–water partition coefficient (Wildman–Crippen LogP) is 4.00. The molecule has 2 rings (SSSR count). The number of nitrogens with one attached hydrogen (secondary N) is 1. The van der Waals surface area contributed by atoms with E-state index in [4.69, 9.17) is 16.3 Å². The molecular weight excluding hydrogens is 300 g/mol. The van der Waals surface area contributed by atoms with Gasteiger partial charge in [0.05, 0.1) is 0 Å². The second-order valence-electron chi connectivity index (χ2n) is 6.67. The number of amides is 1. The van der Waals surface area contributed by atoms with E-state index < -0.39 is 5.60 Å². The molecule has 0 aromatic heterocycles. The smallest absolute Gasteiger partial charge is 0.410 e. The van der Waals surface area contributed by atoms with Gasteiger partial charge in [0.25, 0.3) is 0 Å². The number of hydrogen-bond acceptors (Lipinski definition) is 3. The van der Waals surface area contributed by atoms with Crippen molar-refractivity contribution < 1.29 is 9.53 Å². The summed E-state index contributed by atoms with van der Waals surface area (Å²) in [6, 6.07) is 8.29. The van der Waals surface area contributed by atoms with Crippen molar-refractivity contribution in [2.75, 3.05) is 19.6 Å². The predicted molar refractivity (Wildman–Crippen MR) is 89.2 cm³/mol. The summed E-state index contributed by atoms with van der Waals surface area (Å²) in [6.07, 6.45) is 1.71. The van der Waals surface area contributed by atoms with E-state index in [0.717, 1.165) is 31.0 Å². The highest BCUT2D eigenvalue weighted by atomic mass is 35.5. The van der Waals surface area contributed by atoms with Crippen LogP contribution in [0.25, 0.3) is 0 Å². The maximum Gasteiger partial charge on any atom is 0.410 e. The first-order valence-electron chi connectivity index (χ1n) is 7.82. The highest BCUT2D eigenvalue weighted by molar-refractivity contribution is 6.30. The zero-order valence-corrected chi connectivity index (χ0v) is 14.3. The van der Waals surface area contributed by atoms with Crippen LogP contribution in [0.5, 0.6) is 0 Å². The van der Waals surface area contributed by atoms with Gasteiger partial charge < -0.3 is 15.0 Å². The van der Waals surface area contributed by atoms with Crippen molar-refractivity contribution in [1.29, 1.82) is 0 Å². The Labute approximate surface area is 137 Å². The Kier molecular flexibility index (Phi) is 5.70. The van der Waals surface area contributed by atoms with Gasteiger partial charge in [-0.15, -0.1) is 0 Å². The molecule has 1 aromatic rings. The normalized spacial score (nSPS) is 20.2. The molecule has 0 unspecified atom stereocenters. The summed E-state index contributed by atoms with van der Waals surface area (Å²) in [5.41, 5.74) is 0.800. The van der Waals surface area contributed by atoms with Gasteiger partial charge in [-0.25, -0.2) is 4.79 Å². The third kappa shape index (κ3) is 5.18. The Hall–Kier alpha value is -1.26. The molecule has 0 aliphatic carbocycles. The van der Waals surface area contributed by atoms with E-state index >= 15 is 0 Å². The van der Waals surface area contributed by atoms with Crippen LogP contribution in [0.1, 0.15) is 45.2 Å². The summed E-state index contributed by atoms with van der Waals surface area (Å²) in [7, 11) is 0. The van der Waals surface area contributed by atoms with Crippen LogP contribution in [-0.4, -0.2) is 36.2 Å². The SMILES string of the molecule is CC(C)(C)OC(=O)N1CCC[C@@H](c2ccc(Cl)cc2)NCC1. The Balaban J connectivity index is 1.90. The minimum absolute atomic E-state index is 0.223. The van der Waals surface area contributed by atoms with Crippen LogP contribution in [0.3, 0.4) is 0 Å². The van der Waals surface area contributed by atoms with Crippen LogP contribution in [-0.2, 0) is 4.74 Å². The van der Waals surface area contributed by atoms with Crippen molar-refractivity contribution in [1.82, 2.24) is 10.2 Å². The van der Waals surface area contributed by atoms with Gasteiger partial charge in [0.1, 0.15) is 5.60 Å². The summed E-state index contributed by atoms with van der Waals surface area (Å²) >= 11 is 5.94. The number of carbonyl (C=O) groups is 1. The van der Waals surface area contributed by atoms with Gasteiger partial charge in [-0.1, -0.05) is 23.7 Å². The lowest BCUT2D eigenvalue weighted by molar-refractivity contribution is 0.0237. The Bertz CT molecular complexity index is 486. The van der Waals surface area contributed by atoms with Gasteiger partial charge in [0, 0.05) is 30.7 Å². The summed E-state index contributed by atoms with van der Waals surface area (Å²) in [6.45, 7) is 7.84. The quantitative estimate of drug-likeness (QED) is 0.849. The highest BCUT2D eigenvalue weighted by Crippen LogP contribution is 2.22. The third-order valence-corrected chi connectivity index (χ3v) is 3.87. The molecule has 1 amide bonds. The van der Waals surface area contributed by atoms with E-state index in [1.165, 1.54) is 5.56 Å². The van der Waals surface area contributed by atoms with Gasteiger partial charge in [-0.2, -0.15) is 0 Å². The van der Waals surface area contributed by atoms with Crippen molar-refractivity contribution in [2.24, 2.45) is 0 Å². The molecule has 1 aromatic carbocycles. The van der Waals surface area contributed by atoms with Crippen LogP contribution < -0.4 is 5.32 Å². The number of benzene rings is 1. The highest BCUT2D eigenvalue weighted by Gasteiger charge is 2.24. The summed E-state index contributed by atoms with van der Waals surface area (Å²) in [5, 5.41) is 4.27. The van der Waals surface area contributed by atoms with E-state index in [9.17, 15) is 4.79 Å². The van der Waals surface area contributed by atoms with Gasteiger partial charge in [-0.3, -0.25) is 0 Å². The second kappa shape index (κ2) is 7.34. The molecule has 0 bridgehead atoms. The number of ether oxygens (including phenoxy) is 1. The van der Waals surface area contributed by atoms with E-state index in [-0.39, 0.29) is 6.09 Å². The zero-order valence-electron chi connectivity index (χ0n) is 13.6. The fourth-order valence-corrected chi connectivity index (χ4v) is 2.69. The standard InChI is InChI=1S/C17H25ClN2O2/c1-17(2,3)22-16(21)20-11-4-5-15(19-10-12-20)13-6-8-14(18)9-7-13/h6-9,15,19H,4-5,10-12H2,1-3H3/t15-/m0/s1. The maximum atomic E-state index is 12.1. The molecule has 1 fully saturated rings. The van der Waals surface area contributed by atoms with Crippen molar-refractivity contribution in [3.63, 3.8) is 0 Å². The van der Waals surface area contributed by atoms with Crippen molar-refractivity contribution >= 4 is 17.7 Å². The topological polar surface area (TPSA) is 41.6 Å². The Morgan fingerprint density at radius 2 is 1.95 bits per heavy atom. The molecule has 0 spiro atoms. The van der Waals surface area contributed by atoms with Gasteiger partial charge >= 0.3 is 6.09 Å². The van der Waals surface area contributed by atoms with Gasteiger partial charge in [0.15, 0.2) is 0 Å². The van der Waals surface area contributed by atoms with Crippen LogP contribution in [0.2, 0.25) is 5.02 Å². The lowest BCUT2D eigenvalue weighted by Crippen LogP contribution is -2.43. The lowest BCUT2D eigenvalue weighted by Gasteiger charge is -2.31. The van der Waals surface area contributed by atoms with Crippen LogP contribution >= 0.6 is 11.6 Å². The molecule has 122 valence electrons. The van der Waals surface area contributed by atoms with Gasteiger partial charge in [0.2, 0.25) is 0 Å². The van der Waals surface area contributed by atoms with Gasteiger partial charge in [-0.05, 0) is 51.3 Å². The van der Waals surface area contributed by atoms with E-state index in [1.54, 1.807) is 4.90 Å². The Morgan fingerprint density at radius 3 is 2.59 bits per heavy atom. The van der Waals surface area contributed by atoms with E-state index in [1.807, 2.05) is 32.9 Å². The van der Waals surface area contributed by atoms with Crippen molar-refractivity contribution in [3.8, 4) is 0 Å². The monoisotopic (exact) mass is 324 g/mol. The summed E-state index contributed by atoms with van der Waals surface area (Å²) in [5.74, 6) is 0. The van der Waals surface area contributed by atoms with Crippen molar-refractivity contribution in [3.05, 3.63) is 34.9 Å².